The van der Waals surface area contributed by atoms with Crippen molar-refractivity contribution in [3.63, 3.8) is 0 Å². The van der Waals surface area contributed by atoms with Gasteiger partial charge >= 0.3 is 0 Å². The van der Waals surface area contributed by atoms with Crippen molar-refractivity contribution in [2.75, 3.05) is 14.2 Å². The van der Waals surface area contributed by atoms with Crippen LogP contribution in [-0.4, -0.2) is 23.9 Å². The van der Waals surface area contributed by atoms with Crippen molar-refractivity contribution in [3.8, 4) is 22.6 Å². The summed E-state index contributed by atoms with van der Waals surface area (Å²) in [5, 5.41) is 9.76. The Morgan fingerprint density at radius 1 is 0.917 bits per heavy atom. The molecule has 3 aromatic rings. The van der Waals surface area contributed by atoms with E-state index in [1.807, 2.05) is 48.8 Å². The summed E-state index contributed by atoms with van der Waals surface area (Å²) < 4.78 is 12.9. The third-order valence-corrected chi connectivity index (χ3v) is 4.04. The average molecular weight is 323 g/mol. The van der Waals surface area contributed by atoms with Crippen LogP contribution in [-0.2, 0) is 13.2 Å². The van der Waals surface area contributed by atoms with Crippen LogP contribution >= 0.6 is 0 Å². The molecular formula is C20H21NO3. The van der Waals surface area contributed by atoms with Crippen LogP contribution in [0.2, 0.25) is 0 Å². The quantitative estimate of drug-likeness (QED) is 0.752. The minimum atomic E-state index is -0.0303. The minimum absolute atomic E-state index is 0.0303. The predicted octanol–water partition coefficient (Wildman–Crippen LogP) is 3.71. The van der Waals surface area contributed by atoms with Crippen LogP contribution in [0.4, 0.5) is 0 Å². The van der Waals surface area contributed by atoms with Gasteiger partial charge in [-0.25, -0.2) is 0 Å². The van der Waals surface area contributed by atoms with Gasteiger partial charge in [-0.15, -0.1) is 0 Å². The zero-order valence-corrected chi connectivity index (χ0v) is 13.9. The second kappa shape index (κ2) is 7.23. The summed E-state index contributed by atoms with van der Waals surface area (Å²) in [5.41, 5.74) is 3.93. The number of aromatic nitrogens is 1. The van der Waals surface area contributed by atoms with E-state index in [1.165, 1.54) is 5.56 Å². The summed E-state index contributed by atoms with van der Waals surface area (Å²) >= 11 is 0. The molecule has 1 N–H and O–H groups in total. The molecule has 0 atom stereocenters. The Hall–Kier alpha value is -2.72. The Kier molecular flexibility index (Phi) is 4.87. The number of rotatable bonds is 6. The van der Waals surface area contributed by atoms with Crippen molar-refractivity contribution in [2.45, 2.75) is 13.2 Å². The lowest BCUT2D eigenvalue weighted by atomic mass is 10.0. The Bertz CT molecular complexity index is 809. The predicted molar refractivity (Wildman–Crippen MR) is 94.4 cm³/mol. The molecule has 0 unspecified atom stereocenters. The molecule has 24 heavy (non-hydrogen) atoms. The number of aliphatic hydroxyl groups excluding tert-OH is 1. The molecule has 0 spiro atoms. The lowest BCUT2D eigenvalue weighted by Gasteiger charge is -2.10. The summed E-state index contributed by atoms with van der Waals surface area (Å²) in [4.78, 5) is 0. The molecule has 124 valence electrons. The molecule has 4 heteroatoms. The SMILES string of the molecule is COc1ccc(OC)c(-c2cn(Cc3ccccc3)cc2CO)c1. The molecule has 0 aliphatic heterocycles. The lowest BCUT2D eigenvalue weighted by molar-refractivity contribution is 0.282. The van der Waals surface area contributed by atoms with E-state index in [9.17, 15) is 5.11 Å². The fraction of sp³-hybridized carbons (Fsp3) is 0.200. The highest BCUT2D eigenvalue weighted by molar-refractivity contribution is 5.74. The summed E-state index contributed by atoms with van der Waals surface area (Å²) in [6.07, 6.45) is 4.01. The Balaban J connectivity index is 2.02. The fourth-order valence-corrected chi connectivity index (χ4v) is 2.83. The van der Waals surface area contributed by atoms with Gasteiger partial charge < -0.3 is 19.1 Å². The maximum Gasteiger partial charge on any atom is 0.127 e. The van der Waals surface area contributed by atoms with Crippen LogP contribution in [0.25, 0.3) is 11.1 Å². The summed E-state index contributed by atoms with van der Waals surface area (Å²) in [6.45, 7) is 0.720. The van der Waals surface area contributed by atoms with Gasteiger partial charge in [0.05, 0.1) is 20.8 Å². The zero-order chi connectivity index (χ0) is 16.9. The van der Waals surface area contributed by atoms with Crippen LogP contribution in [0, 0.1) is 0 Å². The molecular weight excluding hydrogens is 302 g/mol. The third-order valence-electron chi connectivity index (χ3n) is 4.04. The van der Waals surface area contributed by atoms with Crippen LogP contribution in [0.3, 0.4) is 0 Å². The molecule has 1 heterocycles. The van der Waals surface area contributed by atoms with E-state index in [0.717, 1.165) is 34.7 Å². The molecule has 0 fully saturated rings. The first-order valence-corrected chi connectivity index (χ1v) is 7.81. The highest BCUT2D eigenvalue weighted by atomic mass is 16.5. The third kappa shape index (κ3) is 3.29. The van der Waals surface area contributed by atoms with Crippen molar-refractivity contribution in [3.05, 3.63) is 72.1 Å². The average Bonchev–Trinajstić information content (AvgIpc) is 3.04. The van der Waals surface area contributed by atoms with Gasteiger partial charge in [0, 0.05) is 35.6 Å². The Morgan fingerprint density at radius 3 is 2.38 bits per heavy atom. The van der Waals surface area contributed by atoms with Gasteiger partial charge in [-0.1, -0.05) is 30.3 Å². The monoisotopic (exact) mass is 323 g/mol. The van der Waals surface area contributed by atoms with Gasteiger partial charge in [0.1, 0.15) is 11.5 Å². The van der Waals surface area contributed by atoms with E-state index in [4.69, 9.17) is 9.47 Å². The first-order valence-electron chi connectivity index (χ1n) is 7.81. The van der Waals surface area contributed by atoms with E-state index >= 15 is 0 Å². The highest BCUT2D eigenvalue weighted by Crippen LogP contribution is 2.36. The van der Waals surface area contributed by atoms with Crippen molar-refractivity contribution in [2.24, 2.45) is 0 Å². The van der Waals surface area contributed by atoms with Crippen molar-refractivity contribution < 1.29 is 14.6 Å². The molecule has 4 nitrogen and oxygen atoms in total. The topological polar surface area (TPSA) is 43.6 Å². The molecule has 0 bridgehead atoms. The molecule has 0 aliphatic carbocycles. The molecule has 0 aliphatic rings. The van der Waals surface area contributed by atoms with Crippen LogP contribution < -0.4 is 9.47 Å². The number of nitrogens with zero attached hydrogens (tertiary/aromatic N) is 1. The second-order valence-electron chi connectivity index (χ2n) is 5.58. The summed E-state index contributed by atoms with van der Waals surface area (Å²) in [7, 11) is 3.28. The number of benzene rings is 2. The van der Waals surface area contributed by atoms with Gasteiger partial charge in [0.25, 0.3) is 0 Å². The van der Waals surface area contributed by atoms with E-state index in [2.05, 4.69) is 16.7 Å². The molecule has 0 radical (unpaired) electrons. The number of ether oxygens (including phenoxy) is 2. The number of hydrogen-bond acceptors (Lipinski definition) is 3. The molecule has 0 saturated heterocycles. The summed E-state index contributed by atoms with van der Waals surface area (Å²) in [5.74, 6) is 1.51. The van der Waals surface area contributed by atoms with E-state index < -0.39 is 0 Å². The maximum atomic E-state index is 9.76. The number of methoxy groups -OCH3 is 2. The van der Waals surface area contributed by atoms with E-state index in [-0.39, 0.29) is 6.61 Å². The summed E-state index contributed by atoms with van der Waals surface area (Å²) in [6, 6.07) is 15.9. The number of hydrogen-bond donors (Lipinski definition) is 1. The van der Waals surface area contributed by atoms with Gasteiger partial charge in [-0.2, -0.15) is 0 Å². The van der Waals surface area contributed by atoms with Gasteiger partial charge in [-0.3, -0.25) is 0 Å². The molecule has 3 rings (SSSR count). The minimum Gasteiger partial charge on any atom is -0.497 e. The first-order chi connectivity index (χ1) is 11.7. The van der Waals surface area contributed by atoms with Gasteiger partial charge in [0.2, 0.25) is 0 Å². The second-order valence-corrected chi connectivity index (χ2v) is 5.58. The first kappa shape index (κ1) is 16.1. The van der Waals surface area contributed by atoms with Crippen LogP contribution in [0.5, 0.6) is 11.5 Å². The van der Waals surface area contributed by atoms with E-state index in [0.29, 0.717) is 0 Å². The molecule has 1 aromatic heterocycles. The Labute approximate surface area is 141 Å². The lowest BCUT2D eigenvalue weighted by Crippen LogP contribution is -1.95. The molecule has 0 saturated carbocycles. The van der Waals surface area contributed by atoms with E-state index in [1.54, 1.807) is 14.2 Å². The van der Waals surface area contributed by atoms with Gasteiger partial charge in [-0.05, 0) is 23.8 Å². The maximum absolute atomic E-state index is 9.76. The van der Waals surface area contributed by atoms with Crippen molar-refractivity contribution in [1.82, 2.24) is 4.57 Å². The number of aliphatic hydroxyl groups is 1. The Morgan fingerprint density at radius 2 is 1.71 bits per heavy atom. The van der Waals surface area contributed by atoms with Crippen molar-refractivity contribution in [1.29, 1.82) is 0 Å². The largest absolute Gasteiger partial charge is 0.497 e. The highest BCUT2D eigenvalue weighted by Gasteiger charge is 2.14. The fourth-order valence-electron chi connectivity index (χ4n) is 2.83. The molecule has 0 amide bonds. The van der Waals surface area contributed by atoms with Crippen LogP contribution in [0.1, 0.15) is 11.1 Å². The standard InChI is InChI=1S/C20H21NO3/c1-23-17-8-9-20(24-2)18(10-17)19-13-21(12-16(19)14-22)11-15-6-4-3-5-7-15/h3-10,12-13,22H,11,14H2,1-2H3. The molecule has 2 aromatic carbocycles. The normalized spacial score (nSPS) is 10.6. The van der Waals surface area contributed by atoms with Crippen molar-refractivity contribution >= 4 is 0 Å². The zero-order valence-electron chi connectivity index (χ0n) is 13.9. The van der Waals surface area contributed by atoms with Crippen LogP contribution in [0.15, 0.2) is 60.9 Å². The van der Waals surface area contributed by atoms with Gasteiger partial charge in [0.15, 0.2) is 0 Å². The smallest absolute Gasteiger partial charge is 0.127 e.